The summed E-state index contributed by atoms with van der Waals surface area (Å²) >= 11 is 0. The van der Waals surface area contributed by atoms with E-state index in [0.29, 0.717) is 6.04 Å². The molecule has 1 N–H and O–H groups in total. The average molecular weight is 184 g/mol. The fraction of sp³-hybridized carbons (Fsp3) is 1.00. The number of nitrogens with one attached hydrogen (secondary N) is 1. The molecule has 1 rings (SSSR count). The third-order valence-electron chi connectivity index (χ3n) is 3.62. The lowest BCUT2D eigenvalue weighted by Gasteiger charge is -2.40. The molecule has 2 nitrogen and oxygen atoms in total. The molecule has 0 aliphatic heterocycles. The van der Waals surface area contributed by atoms with Crippen molar-refractivity contribution in [2.24, 2.45) is 5.92 Å². The second-order valence-electron chi connectivity index (χ2n) is 5.07. The Kier molecular flexibility index (Phi) is 3.36. The van der Waals surface area contributed by atoms with Crippen LogP contribution in [0.4, 0.5) is 0 Å². The molecule has 0 radical (unpaired) electrons. The van der Waals surface area contributed by atoms with Gasteiger partial charge in [0.2, 0.25) is 0 Å². The lowest BCUT2D eigenvalue weighted by atomic mass is 9.89. The van der Waals surface area contributed by atoms with Crippen LogP contribution in [0, 0.1) is 5.92 Å². The summed E-state index contributed by atoms with van der Waals surface area (Å²) in [4.78, 5) is 2.32. The molecule has 1 unspecified atom stereocenters. The van der Waals surface area contributed by atoms with Gasteiger partial charge in [0.25, 0.3) is 0 Å². The van der Waals surface area contributed by atoms with Gasteiger partial charge in [-0.25, -0.2) is 0 Å². The van der Waals surface area contributed by atoms with Gasteiger partial charge in [0.05, 0.1) is 0 Å². The Morgan fingerprint density at radius 1 is 1.38 bits per heavy atom. The normalized spacial score (nSPS) is 20.8. The molecule has 0 aromatic carbocycles. The molecule has 0 aromatic heterocycles. The second-order valence-corrected chi connectivity index (χ2v) is 5.07. The van der Waals surface area contributed by atoms with E-state index in [1.807, 2.05) is 0 Å². The van der Waals surface area contributed by atoms with Crippen LogP contribution in [0.3, 0.4) is 0 Å². The van der Waals surface area contributed by atoms with E-state index in [4.69, 9.17) is 0 Å². The van der Waals surface area contributed by atoms with Crippen LogP contribution in [-0.4, -0.2) is 37.6 Å². The molecule has 13 heavy (non-hydrogen) atoms. The van der Waals surface area contributed by atoms with Gasteiger partial charge in [-0.2, -0.15) is 0 Å². The molecule has 1 aliphatic carbocycles. The smallest absolute Gasteiger partial charge is 0.0300 e. The maximum absolute atomic E-state index is 3.45. The summed E-state index contributed by atoms with van der Waals surface area (Å²) < 4.78 is 0. The fourth-order valence-electron chi connectivity index (χ4n) is 1.76. The quantitative estimate of drug-likeness (QED) is 0.700. The third kappa shape index (κ3) is 2.68. The third-order valence-corrected chi connectivity index (χ3v) is 3.62. The second kappa shape index (κ2) is 3.97. The van der Waals surface area contributed by atoms with E-state index in [-0.39, 0.29) is 5.54 Å². The Balaban J connectivity index is 2.51. The topological polar surface area (TPSA) is 15.3 Å². The number of nitrogens with zero attached hydrogens (tertiary/aromatic N) is 1. The Bertz CT molecular complexity index is 159. The van der Waals surface area contributed by atoms with Crippen LogP contribution in [0.1, 0.15) is 33.1 Å². The zero-order valence-electron chi connectivity index (χ0n) is 9.72. The predicted molar refractivity (Wildman–Crippen MR) is 58.0 cm³/mol. The first-order valence-corrected chi connectivity index (χ1v) is 5.33. The molecule has 1 atom stereocenters. The van der Waals surface area contributed by atoms with Crippen molar-refractivity contribution in [1.82, 2.24) is 10.2 Å². The van der Waals surface area contributed by atoms with E-state index in [1.54, 1.807) is 0 Å². The molecule has 0 heterocycles. The Hall–Kier alpha value is -0.0800. The molecular formula is C11H24N2. The highest BCUT2D eigenvalue weighted by molar-refractivity contribution is 4.93. The summed E-state index contributed by atoms with van der Waals surface area (Å²) in [5.41, 5.74) is 0.261. The molecule has 0 aromatic rings. The SMILES string of the molecule is CNC(CC1CC1)C(C)(C)N(C)C. The zero-order chi connectivity index (χ0) is 10.1. The van der Waals surface area contributed by atoms with Crippen molar-refractivity contribution < 1.29 is 0 Å². The minimum absolute atomic E-state index is 0.261. The number of hydrogen-bond donors (Lipinski definition) is 1. The molecule has 1 fully saturated rings. The summed E-state index contributed by atoms with van der Waals surface area (Å²) in [6.07, 6.45) is 4.23. The van der Waals surface area contributed by atoms with E-state index < -0.39 is 0 Å². The summed E-state index contributed by atoms with van der Waals surface area (Å²) in [6.45, 7) is 4.63. The zero-order valence-corrected chi connectivity index (χ0v) is 9.72. The molecule has 2 heteroatoms. The monoisotopic (exact) mass is 184 g/mol. The van der Waals surface area contributed by atoms with E-state index >= 15 is 0 Å². The van der Waals surface area contributed by atoms with E-state index in [9.17, 15) is 0 Å². The van der Waals surface area contributed by atoms with Gasteiger partial charge in [-0.1, -0.05) is 12.8 Å². The lowest BCUT2D eigenvalue weighted by Crippen LogP contribution is -2.54. The van der Waals surface area contributed by atoms with Gasteiger partial charge in [-0.05, 0) is 47.3 Å². The summed E-state index contributed by atoms with van der Waals surface area (Å²) in [5, 5.41) is 3.45. The predicted octanol–water partition coefficient (Wildman–Crippen LogP) is 1.71. The van der Waals surface area contributed by atoms with Crippen molar-refractivity contribution in [2.45, 2.75) is 44.7 Å². The molecule has 0 bridgehead atoms. The molecule has 0 amide bonds. The van der Waals surface area contributed by atoms with Crippen molar-refractivity contribution in [3.05, 3.63) is 0 Å². The van der Waals surface area contributed by atoms with Crippen LogP contribution in [-0.2, 0) is 0 Å². The molecule has 0 saturated heterocycles. The van der Waals surface area contributed by atoms with Crippen molar-refractivity contribution in [3.8, 4) is 0 Å². The van der Waals surface area contributed by atoms with Crippen LogP contribution in [0.15, 0.2) is 0 Å². The molecular weight excluding hydrogens is 160 g/mol. The van der Waals surface area contributed by atoms with E-state index in [0.717, 1.165) is 5.92 Å². The lowest BCUT2D eigenvalue weighted by molar-refractivity contribution is 0.133. The van der Waals surface area contributed by atoms with Gasteiger partial charge in [-0.3, -0.25) is 0 Å². The molecule has 0 spiro atoms. The van der Waals surface area contributed by atoms with E-state index in [2.05, 4.69) is 45.2 Å². The minimum atomic E-state index is 0.261. The van der Waals surface area contributed by atoms with Crippen LogP contribution < -0.4 is 5.32 Å². The minimum Gasteiger partial charge on any atom is -0.315 e. The Labute approximate surface area is 82.7 Å². The molecule has 1 saturated carbocycles. The largest absolute Gasteiger partial charge is 0.315 e. The van der Waals surface area contributed by atoms with Gasteiger partial charge in [0.1, 0.15) is 0 Å². The average Bonchev–Trinajstić information content (AvgIpc) is 2.82. The highest BCUT2D eigenvalue weighted by Gasteiger charge is 2.35. The summed E-state index contributed by atoms with van der Waals surface area (Å²) in [6, 6.07) is 0.620. The maximum Gasteiger partial charge on any atom is 0.0300 e. The van der Waals surface area contributed by atoms with Crippen molar-refractivity contribution >= 4 is 0 Å². The molecule has 1 aliphatic rings. The van der Waals surface area contributed by atoms with Crippen molar-refractivity contribution in [3.63, 3.8) is 0 Å². The Morgan fingerprint density at radius 3 is 2.23 bits per heavy atom. The summed E-state index contributed by atoms with van der Waals surface area (Å²) in [5.74, 6) is 0.997. The van der Waals surface area contributed by atoms with E-state index in [1.165, 1.54) is 19.3 Å². The van der Waals surface area contributed by atoms with Crippen LogP contribution in [0.25, 0.3) is 0 Å². The van der Waals surface area contributed by atoms with Crippen molar-refractivity contribution in [2.75, 3.05) is 21.1 Å². The highest BCUT2D eigenvalue weighted by atomic mass is 15.2. The first-order chi connectivity index (χ1) is 5.98. The highest BCUT2D eigenvalue weighted by Crippen LogP contribution is 2.36. The van der Waals surface area contributed by atoms with Gasteiger partial charge >= 0.3 is 0 Å². The Morgan fingerprint density at radius 2 is 1.92 bits per heavy atom. The van der Waals surface area contributed by atoms with Crippen LogP contribution in [0.5, 0.6) is 0 Å². The number of likely N-dealkylation sites (N-methyl/N-ethyl adjacent to an activating group) is 2. The van der Waals surface area contributed by atoms with Crippen LogP contribution in [0.2, 0.25) is 0 Å². The van der Waals surface area contributed by atoms with Gasteiger partial charge < -0.3 is 10.2 Å². The van der Waals surface area contributed by atoms with Crippen LogP contribution >= 0.6 is 0 Å². The summed E-state index contributed by atoms with van der Waals surface area (Å²) in [7, 11) is 6.41. The number of rotatable bonds is 5. The van der Waals surface area contributed by atoms with Gasteiger partial charge in [-0.15, -0.1) is 0 Å². The molecule has 78 valence electrons. The van der Waals surface area contributed by atoms with Gasteiger partial charge in [0.15, 0.2) is 0 Å². The standard InChI is InChI=1S/C11H24N2/c1-11(2,13(4)5)10(12-3)8-9-6-7-9/h9-10,12H,6-8H2,1-5H3. The first-order valence-electron chi connectivity index (χ1n) is 5.33. The first kappa shape index (κ1) is 11.0. The van der Waals surface area contributed by atoms with Gasteiger partial charge in [0, 0.05) is 11.6 Å². The maximum atomic E-state index is 3.45. The number of hydrogen-bond acceptors (Lipinski definition) is 2. The van der Waals surface area contributed by atoms with Crippen molar-refractivity contribution in [1.29, 1.82) is 0 Å². The fourth-order valence-corrected chi connectivity index (χ4v) is 1.76.